The van der Waals surface area contributed by atoms with Crippen LogP contribution in [0.15, 0.2) is 10.5 Å². The Bertz CT molecular complexity index is 499. The van der Waals surface area contributed by atoms with Crippen molar-refractivity contribution in [3.63, 3.8) is 0 Å². The molecule has 0 aromatic carbocycles. The van der Waals surface area contributed by atoms with E-state index < -0.39 is 5.97 Å². The van der Waals surface area contributed by atoms with Crippen molar-refractivity contribution in [1.29, 1.82) is 0 Å². The molecule has 0 spiro atoms. The molecule has 0 saturated heterocycles. The van der Waals surface area contributed by atoms with E-state index in [1.165, 1.54) is 6.07 Å². The van der Waals surface area contributed by atoms with Crippen LogP contribution in [0.25, 0.3) is 0 Å². The van der Waals surface area contributed by atoms with E-state index in [4.69, 9.17) is 15.9 Å². The van der Waals surface area contributed by atoms with Crippen LogP contribution in [0.1, 0.15) is 34.7 Å². The summed E-state index contributed by atoms with van der Waals surface area (Å²) < 4.78 is 5.22. The van der Waals surface area contributed by atoms with E-state index >= 15 is 0 Å². The van der Waals surface area contributed by atoms with Crippen LogP contribution >= 0.6 is 0 Å². The summed E-state index contributed by atoms with van der Waals surface area (Å²) >= 11 is 0. The molecule has 1 rings (SSSR count). The van der Waals surface area contributed by atoms with Gasteiger partial charge in [-0.3, -0.25) is 0 Å². The van der Waals surface area contributed by atoms with Crippen molar-refractivity contribution in [2.45, 2.75) is 26.3 Å². The van der Waals surface area contributed by atoms with E-state index in [2.05, 4.69) is 16.6 Å². The van der Waals surface area contributed by atoms with Gasteiger partial charge in [0.15, 0.2) is 0 Å². The van der Waals surface area contributed by atoms with E-state index in [0.717, 1.165) is 0 Å². The molecule has 1 aromatic heterocycles. The minimum atomic E-state index is -1.05. The average molecular weight is 264 g/mol. The molecule has 0 aliphatic rings. The molecule has 102 valence electrons. The van der Waals surface area contributed by atoms with Gasteiger partial charge in [-0.2, -0.15) is 0 Å². The van der Waals surface area contributed by atoms with Crippen LogP contribution in [0.4, 0.5) is 4.79 Å². The number of nitrogens with one attached hydrogen (secondary N) is 2. The molecule has 1 heterocycles. The molecule has 0 aliphatic heterocycles. The maximum absolute atomic E-state index is 11.4. The lowest BCUT2D eigenvalue weighted by atomic mass is 10.2. The van der Waals surface area contributed by atoms with Crippen LogP contribution in [0, 0.1) is 19.3 Å². The zero-order valence-corrected chi connectivity index (χ0v) is 10.7. The third kappa shape index (κ3) is 4.76. The Kier molecular flexibility index (Phi) is 5.48. The molecular formula is C13H16N2O4. The van der Waals surface area contributed by atoms with E-state index in [0.29, 0.717) is 30.9 Å². The van der Waals surface area contributed by atoms with Crippen LogP contribution < -0.4 is 10.6 Å². The third-order valence-corrected chi connectivity index (χ3v) is 2.41. The molecule has 0 bridgehead atoms. The first-order valence-electron chi connectivity index (χ1n) is 5.82. The number of aromatic carboxylic acids is 1. The number of unbranched alkanes of at least 4 members (excludes halogenated alkanes) is 1. The van der Waals surface area contributed by atoms with Gasteiger partial charge >= 0.3 is 12.0 Å². The number of carboxylic acids is 1. The SMILES string of the molecule is C#CCCCNC(=O)NCc1cc(C(=O)O)c(C)o1. The van der Waals surface area contributed by atoms with Crippen LogP contribution in [-0.4, -0.2) is 23.7 Å². The highest BCUT2D eigenvalue weighted by Crippen LogP contribution is 2.14. The summed E-state index contributed by atoms with van der Waals surface area (Å²) in [6, 6.07) is 1.05. The Labute approximate surface area is 111 Å². The smallest absolute Gasteiger partial charge is 0.339 e. The lowest BCUT2D eigenvalue weighted by Gasteiger charge is -2.04. The summed E-state index contributed by atoms with van der Waals surface area (Å²) in [6.07, 6.45) is 6.41. The Morgan fingerprint density at radius 3 is 2.79 bits per heavy atom. The largest absolute Gasteiger partial charge is 0.478 e. The summed E-state index contributed by atoms with van der Waals surface area (Å²) in [5.41, 5.74) is 0.103. The number of carboxylic acid groups (broad SMARTS) is 1. The zero-order chi connectivity index (χ0) is 14.3. The van der Waals surface area contributed by atoms with Crippen molar-refractivity contribution in [2.24, 2.45) is 0 Å². The molecule has 1 aromatic rings. The van der Waals surface area contributed by atoms with Crippen molar-refractivity contribution >= 4 is 12.0 Å². The van der Waals surface area contributed by atoms with Crippen LogP contribution in [0.2, 0.25) is 0 Å². The molecule has 3 N–H and O–H groups in total. The molecule has 6 nitrogen and oxygen atoms in total. The monoisotopic (exact) mass is 264 g/mol. The third-order valence-electron chi connectivity index (χ3n) is 2.41. The number of hydrogen-bond acceptors (Lipinski definition) is 3. The highest BCUT2D eigenvalue weighted by Gasteiger charge is 2.13. The average Bonchev–Trinajstić information content (AvgIpc) is 2.74. The van der Waals surface area contributed by atoms with E-state index in [9.17, 15) is 9.59 Å². The van der Waals surface area contributed by atoms with Crippen molar-refractivity contribution in [1.82, 2.24) is 10.6 Å². The Balaban J connectivity index is 2.36. The second kappa shape index (κ2) is 7.11. The first-order valence-corrected chi connectivity index (χ1v) is 5.82. The fourth-order valence-electron chi connectivity index (χ4n) is 1.47. The van der Waals surface area contributed by atoms with Gasteiger partial charge in [0.05, 0.1) is 6.54 Å². The van der Waals surface area contributed by atoms with Crippen molar-refractivity contribution < 1.29 is 19.1 Å². The summed E-state index contributed by atoms with van der Waals surface area (Å²) in [4.78, 5) is 22.2. The lowest BCUT2D eigenvalue weighted by Crippen LogP contribution is -2.35. The van der Waals surface area contributed by atoms with Gasteiger partial charge in [0.1, 0.15) is 17.1 Å². The number of furan rings is 1. The van der Waals surface area contributed by atoms with Crippen LogP contribution in [0.3, 0.4) is 0 Å². The molecule has 0 saturated carbocycles. The summed E-state index contributed by atoms with van der Waals surface area (Å²) in [5.74, 6) is 2.14. The maximum Gasteiger partial charge on any atom is 0.339 e. The zero-order valence-electron chi connectivity index (χ0n) is 10.7. The van der Waals surface area contributed by atoms with E-state index in [1.807, 2.05) is 0 Å². The Hall–Kier alpha value is -2.42. The number of aryl methyl sites for hydroxylation is 1. The van der Waals surface area contributed by atoms with Crippen molar-refractivity contribution in [2.75, 3.05) is 6.54 Å². The lowest BCUT2D eigenvalue weighted by molar-refractivity contribution is 0.0695. The molecule has 0 radical (unpaired) electrons. The van der Waals surface area contributed by atoms with Crippen LogP contribution in [-0.2, 0) is 6.54 Å². The van der Waals surface area contributed by atoms with Gasteiger partial charge in [0.25, 0.3) is 0 Å². The predicted molar refractivity (Wildman–Crippen MR) is 68.7 cm³/mol. The van der Waals surface area contributed by atoms with Gasteiger partial charge in [-0.25, -0.2) is 9.59 Å². The minimum absolute atomic E-state index is 0.103. The first kappa shape index (κ1) is 14.6. The van der Waals surface area contributed by atoms with Gasteiger partial charge in [-0.05, 0) is 19.4 Å². The highest BCUT2D eigenvalue weighted by atomic mass is 16.4. The molecule has 0 fully saturated rings. The maximum atomic E-state index is 11.4. The molecule has 0 aliphatic carbocycles. The van der Waals surface area contributed by atoms with E-state index in [1.54, 1.807) is 6.92 Å². The van der Waals surface area contributed by atoms with Gasteiger partial charge in [0, 0.05) is 13.0 Å². The van der Waals surface area contributed by atoms with Gasteiger partial charge in [-0.1, -0.05) is 0 Å². The molecule has 0 atom stereocenters. The second-order valence-electron chi connectivity index (χ2n) is 3.90. The molecule has 6 heteroatoms. The first-order chi connectivity index (χ1) is 9.04. The molecule has 0 unspecified atom stereocenters. The number of urea groups is 1. The summed E-state index contributed by atoms with van der Waals surface area (Å²) in [5, 5.41) is 14.0. The normalized spacial score (nSPS) is 9.68. The van der Waals surface area contributed by atoms with E-state index in [-0.39, 0.29) is 18.1 Å². The topological polar surface area (TPSA) is 91.6 Å². The van der Waals surface area contributed by atoms with Crippen molar-refractivity contribution in [3.8, 4) is 12.3 Å². The number of amides is 2. The summed E-state index contributed by atoms with van der Waals surface area (Å²) in [6.45, 7) is 2.19. The highest BCUT2D eigenvalue weighted by molar-refractivity contribution is 5.88. The van der Waals surface area contributed by atoms with Gasteiger partial charge in [0.2, 0.25) is 0 Å². The number of hydrogen-bond donors (Lipinski definition) is 3. The number of carbonyl (C=O) groups excluding carboxylic acids is 1. The minimum Gasteiger partial charge on any atom is -0.478 e. The summed E-state index contributed by atoms with van der Waals surface area (Å²) in [7, 11) is 0. The molecule has 19 heavy (non-hydrogen) atoms. The second-order valence-corrected chi connectivity index (χ2v) is 3.90. The van der Waals surface area contributed by atoms with Crippen LogP contribution in [0.5, 0.6) is 0 Å². The fourth-order valence-corrected chi connectivity index (χ4v) is 1.47. The van der Waals surface area contributed by atoms with Gasteiger partial charge < -0.3 is 20.2 Å². The molecular weight excluding hydrogens is 248 g/mol. The molecule has 2 amide bonds. The number of terminal acetylenes is 1. The standard InChI is InChI=1S/C13H16N2O4/c1-3-4-5-6-14-13(18)15-8-10-7-11(12(16)17)9(2)19-10/h1,7H,4-6,8H2,2H3,(H,16,17)(H2,14,15,18). The Morgan fingerprint density at radius 2 is 2.21 bits per heavy atom. The predicted octanol–water partition coefficient (Wildman–Crippen LogP) is 1.50. The van der Waals surface area contributed by atoms with Crippen molar-refractivity contribution in [3.05, 3.63) is 23.2 Å². The quantitative estimate of drug-likeness (QED) is 0.536. The Morgan fingerprint density at radius 1 is 1.47 bits per heavy atom. The fraction of sp³-hybridized carbons (Fsp3) is 0.385. The van der Waals surface area contributed by atoms with Gasteiger partial charge in [-0.15, -0.1) is 12.3 Å². The number of carbonyl (C=O) groups is 2. The number of rotatable bonds is 6.